The Morgan fingerprint density at radius 2 is 1.87 bits per heavy atom. The van der Waals surface area contributed by atoms with Crippen LogP contribution in [0.15, 0.2) is 24.3 Å². The minimum absolute atomic E-state index is 0.000751. The third-order valence-corrected chi connectivity index (χ3v) is 3.32. The van der Waals surface area contributed by atoms with Crippen molar-refractivity contribution in [3.63, 3.8) is 0 Å². The molecule has 2 N–H and O–H groups in total. The average Bonchev–Trinajstić information content (AvgIpc) is 2.38. The van der Waals surface area contributed by atoms with Crippen LogP contribution in [0.4, 0.5) is 9.18 Å². The summed E-state index contributed by atoms with van der Waals surface area (Å²) in [6.45, 7) is 10.2. The van der Waals surface area contributed by atoms with Crippen molar-refractivity contribution in [3.8, 4) is 0 Å². The van der Waals surface area contributed by atoms with Gasteiger partial charge in [-0.05, 0) is 65.6 Å². The van der Waals surface area contributed by atoms with Crippen molar-refractivity contribution in [3.05, 3.63) is 35.6 Å². The Labute approximate surface area is 138 Å². The van der Waals surface area contributed by atoms with Crippen molar-refractivity contribution in [1.82, 2.24) is 10.6 Å². The van der Waals surface area contributed by atoms with Crippen LogP contribution in [-0.4, -0.2) is 30.3 Å². The molecule has 0 radical (unpaired) electrons. The smallest absolute Gasteiger partial charge is 0.407 e. The zero-order valence-corrected chi connectivity index (χ0v) is 14.8. The van der Waals surface area contributed by atoms with Crippen molar-refractivity contribution >= 4 is 6.09 Å². The monoisotopic (exact) mass is 324 g/mol. The first-order valence-corrected chi connectivity index (χ1v) is 8.13. The lowest BCUT2D eigenvalue weighted by Crippen LogP contribution is -2.41. The average molecular weight is 324 g/mol. The van der Waals surface area contributed by atoms with E-state index in [0.29, 0.717) is 18.5 Å². The van der Waals surface area contributed by atoms with Gasteiger partial charge in [0.15, 0.2) is 0 Å². The van der Waals surface area contributed by atoms with Crippen LogP contribution in [0.1, 0.15) is 46.6 Å². The van der Waals surface area contributed by atoms with Gasteiger partial charge in [0.1, 0.15) is 11.4 Å². The Morgan fingerprint density at radius 1 is 1.22 bits per heavy atom. The van der Waals surface area contributed by atoms with E-state index in [9.17, 15) is 9.18 Å². The summed E-state index contributed by atoms with van der Waals surface area (Å²) in [7, 11) is 0. The molecule has 0 aliphatic heterocycles. The Balaban J connectivity index is 2.26. The van der Waals surface area contributed by atoms with Crippen LogP contribution >= 0.6 is 0 Å². The minimum Gasteiger partial charge on any atom is -0.444 e. The van der Waals surface area contributed by atoms with Crippen molar-refractivity contribution in [1.29, 1.82) is 0 Å². The van der Waals surface area contributed by atoms with E-state index in [1.54, 1.807) is 12.1 Å². The molecular weight excluding hydrogens is 295 g/mol. The highest BCUT2D eigenvalue weighted by atomic mass is 19.1. The summed E-state index contributed by atoms with van der Waals surface area (Å²) in [5, 5.41) is 6.18. The summed E-state index contributed by atoms with van der Waals surface area (Å²) in [5.41, 5.74) is 0.222. The number of carbonyl (C=O) groups is 1. The molecule has 0 bridgehead atoms. The zero-order valence-electron chi connectivity index (χ0n) is 14.8. The molecule has 23 heavy (non-hydrogen) atoms. The third-order valence-electron chi connectivity index (χ3n) is 3.32. The predicted octanol–water partition coefficient (Wildman–Crippen LogP) is 3.65. The number of nitrogens with one attached hydrogen (secondary N) is 2. The number of rotatable bonds is 7. The zero-order chi connectivity index (χ0) is 17.5. The van der Waals surface area contributed by atoms with Gasteiger partial charge in [-0.25, -0.2) is 9.18 Å². The quantitative estimate of drug-likeness (QED) is 0.805. The molecule has 4 nitrogen and oxygen atoms in total. The van der Waals surface area contributed by atoms with Crippen LogP contribution in [0.25, 0.3) is 0 Å². The van der Waals surface area contributed by atoms with Gasteiger partial charge >= 0.3 is 6.09 Å². The first-order valence-electron chi connectivity index (χ1n) is 8.13. The maximum absolute atomic E-state index is 13.5. The van der Waals surface area contributed by atoms with Crippen LogP contribution in [0.2, 0.25) is 0 Å². The fraction of sp³-hybridized carbons (Fsp3) is 0.611. The largest absolute Gasteiger partial charge is 0.444 e. The highest BCUT2D eigenvalue weighted by molar-refractivity contribution is 5.68. The van der Waals surface area contributed by atoms with E-state index in [1.807, 2.05) is 33.8 Å². The van der Waals surface area contributed by atoms with Gasteiger partial charge in [-0.15, -0.1) is 0 Å². The molecular formula is C18H29FN2O2. The molecule has 0 saturated carbocycles. The number of halogens is 1. The summed E-state index contributed by atoms with van der Waals surface area (Å²) in [6, 6.07) is 7.03. The standard InChI is InChI=1S/C18H29FN2O2/c1-13(12-14(2)21-17(22)23-18(3,4)5)20-11-10-15-8-6-7-9-16(15)19/h6-9,13-14,20H,10-12H2,1-5H3,(H,21,22)/t13-,14-/m1/s1. The van der Waals surface area contributed by atoms with Gasteiger partial charge in [0.2, 0.25) is 0 Å². The van der Waals surface area contributed by atoms with E-state index in [1.165, 1.54) is 6.07 Å². The summed E-state index contributed by atoms with van der Waals surface area (Å²) >= 11 is 0. The van der Waals surface area contributed by atoms with Crippen LogP contribution in [-0.2, 0) is 11.2 Å². The molecule has 2 atom stereocenters. The van der Waals surface area contributed by atoms with Crippen LogP contribution in [0, 0.1) is 5.82 Å². The summed E-state index contributed by atoms with van der Waals surface area (Å²) in [4.78, 5) is 11.7. The summed E-state index contributed by atoms with van der Waals surface area (Å²) in [6.07, 6.45) is 1.02. The van der Waals surface area contributed by atoms with Gasteiger partial charge in [-0.3, -0.25) is 0 Å². The molecule has 1 amide bonds. The van der Waals surface area contributed by atoms with Crippen LogP contribution in [0.3, 0.4) is 0 Å². The molecule has 0 aliphatic carbocycles. The minimum atomic E-state index is -0.493. The Bertz CT molecular complexity index is 500. The van der Waals surface area contributed by atoms with Gasteiger partial charge in [-0.1, -0.05) is 18.2 Å². The van der Waals surface area contributed by atoms with E-state index in [0.717, 1.165) is 6.42 Å². The topological polar surface area (TPSA) is 50.4 Å². The Hall–Kier alpha value is -1.62. The molecule has 0 fully saturated rings. The molecule has 1 aromatic rings. The van der Waals surface area contributed by atoms with Crippen molar-refractivity contribution < 1.29 is 13.9 Å². The van der Waals surface area contributed by atoms with Crippen molar-refractivity contribution in [2.24, 2.45) is 0 Å². The van der Waals surface area contributed by atoms with Crippen LogP contribution in [0.5, 0.6) is 0 Å². The van der Waals surface area contributed by atoms with Gasteiger partial charge in [0, 0.05) is 12.1 Å². The second-order valence-corrected chi connectivity index (χ2v) is 6.98. The molecule has 1 rings (SSSR count). The van der Waals surface area contributed by atoms with Gasteiger partial charge in [0.05, 0.1) is 0 Å². The van der Waals surface area contributed by atoms with E-state index < -0.39 is 11.7 Å². The van der Waals surface area contributed by atoms with Crippen molar-refractivity contribution in [2.75, 3.05) is 6.54 Å². The highest BCUT2D eigenvalue weighted by Gasteiger charge is 2.18. The predicted molar refractivity (Wildman–Crippen MR) is 91.0 cm³/mol. The fourth-order valence-corrected chi connectivity index (χ4v) is 2.34. The molecule has 1 aromatic carbocycles. The lowest BCUT2D eigenvalue weighted by Gasteiger charge is -2.23. The second-order valence-electron chi connectivity index (χ2n) is 6.98. The molecule has 5 heteroatoms. The van der Waals surface area contributed by atoms with E-state index in [-0.39, 0.29) is 17.9 Å². The number of amides is 1. The second kappa shape index (κ2) is 8.87. The summed E-state index contributed by atoms with van der Waals surface area (Å²) in [5.74, 6) is -0.165. The number of benzene rings is 1. The van der Waals surface area contributed by atoms with E-state index in [2.05, 4.69) is 17.6 Å². The fourth-order valence-electron chi connectivity index (χ4n) is 2.34. The first kappa shape index (κ1) is 19.4. The maximum Gasteiger partial charge on any atom is 0.407 e. The van der Waals surface area contributed by atoms with Gasteiger partial charge < -0.3 is 15.4 Å². The van der Waals surface area contributed by atoms with E-state index in [4.69, 9.17) is 4.74 Å². The van der Waals surface area contributed by atoms with Crippen molar-refractivity contribution in [2.45, 2.75) is 65.1 Å². The van der Waals surface area contributed by atoms with Gasteiger partial charge in [0.25, 0.3) is 0 Å². The SMILES string of the molecule is C[C@H](C[C@@H](C)NC(=O)OC(C)(C)C)NCCc1ccccc1F. The highest BCUT2D eigenvalue weighted by Crippen LogP contribution is 2.08. The summed E-state index contributed by atoms with van der Waals surface area (Å²) < 4.78 is 18.7. The molecule has 0 spiro atoms. The third kappa shape index (κ3) is 8.55. The molecule has 0 saturated heterocycles. The Kier molecular flexibility index (Phi) is 7.49. The molecule has 130 valence electrons. The van der Waals surface area contributed by atoms with Crippen LogP contribution < -0.4 is 10.6 Å². The van der Waals surface area contributed by atoms with Gasteiger partial charge in [-0.2, -0.15) is 0 Å². The Morgan fingerprint density at radius 3 is 2.48 bits per heavy atom. The molecule has 0 aromatic heterocycles. The number of ether oxygens (including phenoxy) is 1. The van der Waals surface area contributed by atoms with E-state index >= 15 is 0 Å². The normalized spacial score (nSPS) is 14.2. The molecule has 0 heterocycles. The lowest BCUT2D eigenvalue weighted by atomic mass is 10.1. The molecule has 0 aliphatic rings. The molecule has 0 unspecified atom stereocenters. The number of carbonyl (C=O) groups excluding carboxylic acids is 1. The number of alkyl carbamates (subject to hydrolysis) is 1. The maximum atomic E-state index is 13.5. The lowest BCUT2D eigenvalue weighted by molar-refractivity contribution is 0.0504. The number of hydrogen-bond acceptors (Lipinski definition) is 3. The number of hydrogen-bond donors (Lipinski definition) is 2. The first-order chi connectivity index (χ1) is 10.7.